The van der Waals surface area contributed by atoms with Crippen LogP contribution in [0.3, 0.4) is 0 Å². The lowest BCUT2D eigenvalue weighted by Crippen LogP contribution is -2.42. The molecule has 0 amide bonds. The minimum absolute atomic E-state index is 0.00880. The maximum absolute atomic E-state index is 10.1. The summed E-state index contributed by atoms with van der Waals surface area (Å²) in [4.78, 5) is 0. The highest BCUT2D eigenvalue weighted by Gasteiger charge is 2.36. The van der Waals surface area contributed by atoms with Crippen molar-refractivity contribution in [3.05, 3.63) is 46.5 Å². The quantitative estimate of drug-likeness (QED) is 0.480. The minimum atomic E-state index is -0.130. The van der Waals surface area contributed by atoms with Gasteiger partial charge in [-0.1, -0.05) is 6.07 Å². The summed E-state index contributed by atoms with van der Waals surface area (Å²) in [7, 11) is 0. The number of phenols is 4. The van der Waals surface area contributed by atoms with Gasteiger partial charge in [-0.15, -0.1) is 0 Å². The molecule has 0 aromatic heterocycles. The highest BCUT2D eigenvalue weighted by atomic mass is 16.3. The van der Waals surface area contributed by atoms with Crippen molar-refractivity contribution >= 4 is 0 Å². The number of hydrogen-bond donors (Lipinski definition) is 5. The van der Waals surface area contributed by atoms with Crippen LogP contribution in [0.5, 0.6) is 23.0 Å². The van der Waals surface area contributed by atoms with Crippen LogP contribution in [0, 0.1) is 0 Å². The molecule has 2 aromatic rings. The van der Waals surface area contributed by atoms with Crippen LogP contribution in [0.2, 0.25) is 0 Å². The molecular weight excluding hydrogens is 282 g/mol. The summed E-state index contributed by atoms with van der Waals surface area (Å²) < 4.78 is 0. The van der Waals surface area contributed by atoms with Crippen molar-refractivity contribution in [3.63, 3.8) is 0 Å². The largest absolute Gasteiger partial charge is 0.504 e. The Morgan fingerprint density at radius 3 is 2.50 bits per heavy atom. The smallest absolute Gasteiger partial charge is 0.162 e. The molecule has 1 heterocycles. The van der Waals surface area contributed by atoms with Gasteiger partial charge in [-0.3, -0.25) is 0 Å². The van der Waals surface area contributed by atoms with Crippen LogP contribution in [-0.4, -0.2) is 26.5 Å². The maximum atomic E-state index is 10.1. The van der Waals surface area contributed by atoms with Gasteiger partial charge < -0.3 is 25.7 Å². The fraction of sp³-hybridized carbons (Fsp3) is 0.294. The van der Waals surface area contributed by atoms with Crippen molar-refractivity contribution in [1.82, 2.24) is 5.32 Å². The van der Waals surface area contributed by atoms with Gasteiger partial charge in [0.2, 0.25) is 0 Å². The van der Waals surface area contributed by atoms with E-state index in [-0.39, 0.29) is 35.0 Å². The molecule has 0 saturated heterocycles. The van der Waals surface area contributed by atoms with E-state index in [4.69, 9.17) is 0 Å². The van der Waals surface area contributed by atoms with Gasteiger partial charge in [-0.2, -0.15) is 0 Å². The first-order valence-corrected chi connectivity index (χ1v) is 7.38. The van der Waals surface area contributed by atoms with E-state index in [2.05, 4.69) is 5.32 Å². The molecule has 0 spiro atoms. The average Bonchev–Trinajstić information content (AvgIpc) is 2.51. The summed E-state index contributed by atoms with van der Waals surface area (Å²) in [5, 5.41) is 42.8. The predicted molar refractivity (Wildman–Crippen MR) is 80.3 cm³/mol. The van der Waals surface area contributed by atoms with Gasteiger partial charge in [0.05, 0.1) is 0 Å². The van der Waals surface area contributed by atoms with Gasteiger partial charge in [0, 0.05) is 24.1 Å². The molecule has 1 aliphatic heterocycles. The summed E-state index contributed by atoms with van der Waals surface area (Å²) in [6.45, 7) is 0.510. The Morgan fingerprint density at radius 2 is 1.68 bits per heavy atom. The van der Waals surface area contributed by atoms with Crippen molar-refractivity contribution in [3.8, 4) is 23.0 Å². The molecule has 0 unspecified atom stereocenters. The second-order valence-corrected chi connectivity index (χ2v) is 6.04. The molecule has 2 aliphatic rings. The fourth-order valence-corrected chi connectivity index (χ4v) is 3.79. The Bertz CT molecular complexity index is 770. The number of fused-ring (bicyclic) bond motifs is 5. The van der Waals surface area contributed by atoms with Gasteiger partial charge in [-0.25, -0.2) is 0 Å². The van der Waals surface area contributed by atoms with Crippen molar-refractivity contribution in [2.24, 2.45) is 0 Å². The van der Waals surface area contributed by atoms with E-state index in [0.29, 0.717) is 12.1 Å². The van der Waals surface area contributed by atoms with Crippen LogP contribution in [0.1, 0.15) is 34.6 Å². The third kappa shape index (κ3) is 1.75. The monoisotopic (exact) mass is 299 g/mol. The molecule has 4 rings (SSSR count). The number of aryl methyl sites for hydroxylation is 1. The lowest BCUT2D eigenvalue weighted by molar-refractivity contribution is 0.361. The molecule has 22 heavy (non-hydrogen) atoms. The Hall–Kier alpha value is -2.40. The summed E-state index contributed by atoms with van der Waals surface area (Å²) >= 11 is 0. The fourth-order valence-electron chi connectivity index (χ4n) is 3.79. The van der Waals surface area contributed by atoms with E-state index in [1.807, 2.05) is 6.07 Å². The van der Waals surface area contributed by atoms with Crippen LogP contribution >= 0.6 is 0 Å². The average molecular weight is 299 g/mol. The van der Waals surface area contributed by atoms with Crippen molar-refractivity contribution in [2.75, 3.05) is 0 Å². The number of aromatic hydroxyl groups is 4. The number of benzene rings is 2. The second-order valence-electron chi connectivity index (χ2n) is 6.04. The number of rotatable bonds is 0. The normalized spacial score (nSPS) is 22.5. The third-order valence-electron chi connectivity index (χ3n) is 4.87. The first kappa shape index (κ1) is 13.3. The predicted octanol–water partition coefficient (Wildman–Crippen LogP) is 2.06. The van der Waals surface area contributed by atoms with E-state index >= 15 is 0 Å². The molecule has 5 N–H and O–H groups in total. The molecule has 1 aliphatic carbocycles. The summed E-state index contributed by atoms with van der Waals surface area (Å²) in [6.07, 6.45) is 1.75. The van der Waals surface area contributed by atoms with E-state index in [9.17, 15) is 20.4 Å². The van der Waals surface area contributed by atoms with E-state index in [1.165, 1.54) is 6.07 Å². The van der Waals surface area contributed by atoms with Gasteiger partial charge in [0.15, 0.2) is 23.0 Å². The SMILES string of the molecule is Oc1cc2c(cc1O)[C@H]1c3ccc(O)c(O)c3CN[C@@H]1CC2. The molecule has 2 atom stereocenters. The first-order chi connectivity index (χ1) is 10.6. The molecule has 2 aromatic carbocycles. The summed E-state index contributed by atoms with van der Waals surface area (Å²) in [5.41, 5.74) is 3.63. The molecular formula is C17H17NO4. The van der Waals surface area contributed by atoms with Crippen molar-refractivity contribution < 1.29 is 20.4 Å². The Balaban J connectivity index is 1.93. The van der Waals surface area contributed by atoms with Crippen LogP contribution in [-0.2, 0) is 13.0 Å². The second kappa shape index (κ2) is 4.55. The molecule has 114 valence electrons. The zero-order chi connectivity index (χ0) is 15.4. The van der Waals surface area contributed by atoms with Gasteiger partial charge in [0.25, 0.3) is 0 Å². The van der Waals surface area contributed by atoms with Crippen LogP contribution in [0.4, 0.5) is 0 Å². The Labute approximate surface area is 127 Å². The van der Waals surface area contributed by atoms with E-state index in [0.717, 1.165) is 29.5 Å². The van der Waals surface area contributed by atoms with Gasteiger partial charge in [0.1, 0.15) is 0 Å². The molecule has 0 saturated carbocycles. The van der Waals surface area contributed by atoms with Crippen molar-refractivity contribution in [1.29, 1.82) is 0 Å². The van der Waals surface area contributed by atoms with Gasteiger partial charge >= 0.3 is 0 Å². The lowest BCUT2D eigenvalue weighted by atomic mass is 9.72. The molecule has 5 nitrogen and oxygen atoms in total. The van der Waals surface area contributed by atoms with Crippen LogP contribution in [0.25, 0.3) is 0 Å². The minimum Gasteiger partial charge on any atom is -0.504 e. The zero-order valence-electron chi connectivity index (χ0n) is 11.9. The number of phenolic OH excluding ortho intramolecular Hbond substituents is 4. The topological polar surface area (TPSA) is 93.0 Å². The number of nitrogens with one attached hydrogen (secondary N) is 1. The van der Waals surface area contributed by atoms with Gasteiger partial charge in [-0.05, 0) is 47.7 Å². The zero-order valence-corrected chi connectivity index (χ0v) is 11.9. The van der Waals surface area contributed by atoms with Crippen LogP contribution < -0.4 is 5.32 Å². The highest BCUT2D eigenvalue weighted by molar-refractivity contribution is 5.57. The standard InChI is InChI=1S/C17H17NO4/c19-13-4-2-9-11(17(13)22)7-18-12-3-1-8-5-14(20)15(21)6-10(8)16(9)12/h2,4-6,12,16,18-22H,1,3,7H2/t12-,16-/m1/s1. The number of hydrogen-bond acceptors (Lipinski definition) is 5. The van der Waals surface area contributed by atoms with E-state index < -0.39 is 0 Å². The molecule has 5 heteroatoms. The Morgan fingerprint density at radius 1 is 0.909 bits per heavy atom. The van der Waals surface area contributed by atoms with Crippen LogP contribution in [0.15, 0.2) is 24.3 Å². The first-order valence-electron chi connectivity index (χ1n) is 7.38. The maximum Gasteiger partial charge on any atom is 0.162 e. The molecule has 0 bridgehead atoms. The summed E-state index contributed by atoms with van der Waals surface area (Å²) in [5.74, 6) is -0.447. The van der Waals surface area contributed by atoms with Crippen molar-refractivity contribution in [2.45, 2.75) is 31.3 Å². The summed E-state index contributed by atoms with van der Waals surface area (Å²) in [6, 6.07) is 6.79. The molecule has 0 radical (unpaired) electrons. The highest BCUT2D eigenvalue weighted by Crippen LogP contribution is 2.47. The Kier molecular flexibility index (Phi) is 2.74. The third-order valence-corrected chi connectivity index (χ3v) is 4.87. The lowest BCUT2D eigenvalue weighted by Gasteiger charge is -2.39. The van der Waals surface area contributed by atoms with E-state index in [1.54, 1.807) is 12.1 Å². The molecule has 0 fully saturated rings.